The second-order valence-electron chi connectivity index (χ2n) is 5.35. The zero-order valence-electron chi connectivity index (χ0n) is 9.63. The van der Waals surface area contributed by atoms with Gasteiger partial charge in [-0.05, 0) is 30.7 Å². The lowest BCUT2D eigenvalue weighted by molar-refractivity contribution is 0.107. The molecule has 2 fully saturated rings. The topological polar surface area (TPSA) is 33.1 Å². The number of aliphatic hydroxyl groups is 1. The smallest absolute Gasteiger partial charge is 0.0981 e. The number of pyridine rings is 1. The Balaban J connectivity index is 1.92. The Bertz CT molecular complexity index is 577. The first kappa shape index (κ1) is 9.60. The Kier molecular flexibility index (Phi) is 1.74. The molecule has 2 heteroatoms. The molecule has 1 aromatic carbocycles. The second-order valence-corrected chi connectivity index (χ2v) is 5.35. The lowest BCUT2D eigenvalue weighted by atomic mass is 9.96. The number of fused-ring (bicyclic) bond motifs is 2. The van der Waals surface area contributed by atoms with Crippen LogP contribution in [0.5, 0.6) is 0 Å². The zero-order valence-corrected chi connectivity index (χ0v) is 9.63. The average Bonchev–Trinajstić information content (AvgIpc) is 2.79. The van der Waals surface area contributed by atoms with Crippen LogP contribution in [0.4, 0.5) is 0 Å². The molecule has 0 radical (unpaired) electrons. The minimum Gasteiger partial charge on any atom is -0.384 e. The SMILES string of the molecule is OC1(c2cccc3cccnc23)C2CCCC21. The minimum absolute atomic E-state index is 0.482. The molecule has 0 spiro atoms. The van der Waals surface area contributed by atoms with Crippen molar-refractivity contribution in [2.75, 3.05) is 0 Å². The predicted octanol–water partition coefficient (Wildman–Crippen LogP) is 2.85. The summed E-state index contributed by atoms with van der Waals surface area (Å²) in [6, 6.07) is 10.2. The van der Waals surface area contributed by atoms with Gasteiger partial charge in [0.25, 0.3) is 0 Å². The number of aromatic nitrogens is 1. The van der Waals surface area contributed by atoms with Crippen LogP contribution < -0.4 is 0 Å². The third-order valence-electron chi connectivity index (χ3n) is 4.60. The van der Waals surface area contributed by atoms with Gasteiger partial charge in [0, 0.05) is 17.1 Å². The van der Waals surface area contributed by atoms with Gasteiger partial charge in [0.15, 0.2) is 0 Å². The summed E-state index contributed by atoms with van der Waals surface area (Å²) >= 11 is 0. The number of nitrogens with zero attached hydrogens (tertiary/aromatic N) is 1. The average molecular weight is 225 g/mol. The molecule has 0 bridgehead atoms. The molecule has 2 atom stereocenters. The van der Waals surface area contributed by atoms with Crippen molar-refractivity contribution in [1.82, 2.24) is 4.98 Å². The van der Waals surface area contributed by atoms with Crippen molar-refractivity contribution in [3.8, 4) is 0 Å². The van der Waals surface area contributed by atoms with E-state index in [2.05, 4.69) is 17.1 Å². The third-order valence-corrected chi connectivity index (χ3v) is 4.60. The van der Waals surface area contributed by atoms with Crippen molar-refractivity contribution in [3.05, 3.63) is 42.1 Å². The van der Waals surface area contributed by atoms with E-state index in [1.165, 1.54) is 19.3 Å². The molecule has 2 nitrogen and oxygen atoms in total. The number of para-hydroxylation sites is 1. The first-order valence-corrected chi connectivity index (χ1v) is 6.38. The maximum absolute atomic E-state index is 10.8. The summed E-state index contributed by atoms with van der Waals surface area (Å²) in [6.45, 7) is 0. The molecule has 2 saturated carbocycles. The second kappa shape index (κ2) is 3.08. The fourth-order valence-electron chi connectivity index (χ4n) is 3.75. The molecule has 17 heavy (non-hydrogen) atoms. The van der Waals surface area contributed by atoms with Crippen LogP contribution in [0.1, 0.15) is 24.8 Å². The Morgan fingerprint density at radius 2 is 1.88 bits per heavy atom. The zero-order chi connectivity index (χ0) is 11.5. The van der Waals surface area contributed by atoms with E-state index in [0.717, 1.165) is 16.5 Å². The number of benzene rings is 1. The van der Waals surface area contributed by atoms with Gasteiger partial charge in [-0.3, -0.25) is 4.98 Å². The largest absolute Gasteiger partial charge is 0.384 e. The highest BCUT2D eigenvalue weighted by atomic mass is 16.3. The molecule has 0 aliphatic heterocycles. The molecule has 1 heterocycles. The molecule has 1 aromatic heterocycles. The van der Waals surface area contributed by atoms with Crippen LogP contribution in [0.15, 0.2) is 36.5 Å². The Morgan fingerprint density at radius 1 is 1.12 bits per heavy atom. The lowest BCUT2D eigenvalue weighted by Gasteiger charge is -2.16. The molecule has 0 amide bonds. The van der Waals surface area contributed by atoms with Gasteiger partial charge in [0.05, 0.1) is 11.1 Å². The van der Waals surface area contributed by atoms with Gasteiger partial charge in [-0.2, -0.15) is 0 Å². The van der Waals surface area contributed by atoms with Crippen LogP contribution >= 0.6 is 0 Å². The Hall–Kier alpha value is -1.41. The van der Waals surface area contributed by atoms with Crippen molar-refractivity contribution >= 4 is 10.9 Å². The van der Waals surface area contributed by atoms with Crippen molar-refractivity contribution in [2.45, 2.75) is 24.9 Å². The van der Waals surface area contributed by atoms with Gasteiger partial charge in [0.2, 0.25) is 0 Å². The van der Waals surface area contributed by atoms with Crippen LogP contribution in [0, 0.1) is 11.8 Å². The molecule has 86 valence electrons. The molecule has 2 aromatic rings. The van der Waals surface area contributed by atoms with Gasteiger partial charge in [0.1, 0.15) is 0 Å². The maximum Gasteiger partial charge on any atom is 0.0981 e. The molecule has 0 saturated heterocycles. The lowest BCUT2D eigenvalue weighted by Crippen LogP contribution is -2.14. The Morgan fingerprint density at radius 3 is 2.71 bits per heavy atom. The van der Waals surface area contributed by atoms with Crippen molar-refractivity contribution in [1.29, 1.82) is 0 Å². The first-order valence-electron chi connectivity index (χ1n) is 6.38. The highest BCUT2D eigenvalue weighted by molar-refractivity contribution is 5.83. The van der Waals surface area contributed by atoms with Gasteiger partial charge in [-0.15, -0.1) is 0 Å². The molecule has 2 unspecified atom stereocenters. The first-order chi connectivity index (χ1) is 8.32. The van der Waals surface area contributed by atoms with E-state index in [1.54, 1.807) is 0 Å². The summed E-state index contributed by atoms with van der Waals surface area (Å²) < 4.78 is 0. The van der Waals surface area contributed by atoms with Crippen LogP contribution in [-0.2, 0) is 5.60 Å². The summed E-state index contributed by atoms with van der Waals surface area (Å²) in [5.41, 5.74) is 1.45. The summed E-state index contributed by atoms with van der Waals surface area (Å²) in [5, 5.41) is 12.0. The minimum atomic E-state index is -0.577. The molecular formula is C15H15NO. The van der Waals surface area contributed by atoms with Gasteiger partial charge in [-0.1, -0.05) is 30.7 Å². The summed E-state index contributed by atoms with van der Waals surface area (Å²) in [4.78, 5) is 4.45. The van der Waals surface area contributed by atoms with Crippen molar-refractivity contribution in [3.63, 3.8) is 0 Å². The van der Waals surface area contributed by atoms with E-state index in [9.17, 15) is 5.11 Å². The van der Waals surface area contributed by atoms with Crippen LogP contribution in [0.3, 0.4) is 0 Å². The number of hydrogen-bond acceptors (Lipinski definition) is 2. The van der Waals surface area contributed by atoms with E-state index in [1.807, 2.05) is 24.4 Å². The normalized spacial score (nSPS) is 34.9. The molecule has 1 N–H and O–H groups in total. The number of rotatable bonds is 1. The quantitative estimate of drug-likeness (QED) is 0.809. The van der Waals surface area contributed by atoms with Crippen LogP contribution in [0.25, 0.3) is 10.9 Å². The van der Waals surface area contributed by atoms with E-state index in [-0.39, 0.29) is 0 Å². The molecule has 4 rings (SSSR count). The predicted molar refractivity (Wildman–Crippen MR) is 66.5 cm³/mol. The van der Waals surface area contributed by atoms with E-state index < -0.39 is 5.60 Å². The fourth-order valence-corrected chi connectivity index (χ4v) is 3.75. The van der Waals surface area contributed by atoms with Gasteiger partial charge >= 0.3 is 0 Å². The summed E-state index contributed by atoms with van der Waals surface area (Å²) in [5.74, 6) is 0.963. The molecule has 2 aliphatic carbocycles. The van der Waals surface area contributed by atoms with E-state index >= 15 is 0 Å². The van der Waals surface area contributed by atoms with E-state index in [4.69, 9.17) is 0 Å². The maximum atomic E-state index is 10.8. The standard InChI is InChI=1S/C15H15NO/c17-15(11-6-2-7-12(11)15)13-8-1-4-10-5-3-9-16-14(10)13/h1,3-5,8-9,11-12,17H,2,6-7H2. The fraction of sp³-hybridized carbons (Fsp3) is 0.400. The summed E-state index contributed by atoms with van der Waals surface area (Å²) in [7, 11) is 0. The summed E-state index contributed by atoms with van der Waals surface area (Å²) in [6.07, 6.45) is 5.43. The van der Waals surface area contributed by atoms with Crippen LogP contribution in [-0.4, -0.2) is 10.1 Å². The van der Waals surface area contributed by atoms with Crippen molar-refractivity contribution in [2.24, 2.45) is 11.8 Å². The molecule has 2 aliphatic rings. The van der Waals surface area contributed by atoms with Gasteiger partial charge < -0.3 is 5.11 Å². The van der Waals surface area contributed by atoms with E-state index in [0.29, 0.717) is 11.8 Å². The monoisotopic (exact) mass is 225 g/mol. The molecular weight excluding hydrogens is 210 g/mol. The number of hydrogen-bond donors (Lipinski definition) is 1. The highest BCUT2D eigenvalue weighted by Crippen LogP contribution is 2.66. The van der Waals surface area contributed by atoms with Gasteiger partial charge in [-0.25, -0.2) is 0 Å². The Labute approximate surface area is 100 Å². The van der Waals surface area contributed by atoms with Crippen LogP contribution in [0.2, 0.25) is 0 Å². The third kappa shape index (κ3) is 1.11. The highest BCUT2D eigenvalue weighted by Gasteiger charge is 2.66. The van der Waals surface area contributed by atoms with Crippen molar-refractivity contribution < 1.29 is 5.11 Å².